The highest BCUT2D eigenvalue weighted by molar-refractivity contribution is 9.10. The largest absolute Gasteiger partial charge is 0.394 e. The van der Waals surface area contributed by atoms with Crippen molar-refractivity contribution < 1.29 is 5.11 Å². The van der Waals surface area contributed by atoms with Crippen LogP contribution in [-0.4, -0.2) is 22.2 Å². The van der Waals surface area contributed by atoms with Crippen LogP contribution in [0.3, 0.4) is 0 Å². The molecule has 0 radical (unpaired) electrons. The Morgan fingerprint density at radius 1 is 1.53 bits per heavy atom. The third-order valence-corrected chi connectivity index (χ3v) is 4.34. The molecule has 94 valence electrons. The maximum absolute atomic E-state index is 9.69. The van der Waals surface area contributed by atoms with Gasteiger partial charge in [0.15, 0.2) is 0 Å². The summed E-state index contributed by atoms with van der Waals surface area (Å²) in [5, 5.41) is 13.2. The molecule has 1 aliphatic rings. The second kappa shape index (κ2) is 5.36. The van der Waals surface area contributed by atoms with Crippen molar-refractivity contribution in [3.8, 4) is 0 Å². The molecule has 0 spiro atoms. The number of hydrogen-bond donors (Lipinski definition) is 2. The number of aromatic nitrogens is 1. The molecule has 1 aliphatic carbocycles. The summed E-state index contributed by atoms with van der Waals surface area (Å²) in [7, 11) is 0. The van der Waals surface area contributed by atoms with E-state index in [0.29, 0.717) is 0 Å². The number of rotatable bonds is 3. The van der Waals surface area contributed by atoms with E-state index in [0.717, 1.165) is 28.9 Å². The molecule has 1 heterocycles. The summed E-state index contributed by atoms with van der Waals surface area (Å²) in [5.41, 5.74) is 0.861. The van der Waals surface area contributed by atoms with Gasteiger partial charge in [0, 0.05) is 12.4 Å². The Labute approximate surface area is 111 Å². The first-order valence-electron chi connectivity index (χ1n) is 6.14. The van der Waals surface area contributed by atoms with Crippen LogP contribution in [-0.2, 0) is 0 Å². The summed E-state index contributed by atoms with van der Waals surface area (Å²) in [6.07, 6.45) is 7.95. The van der Waals surface area contributed by atoms with Crippen molar-refractivity contribution in [3.05, 3.63) is 22.9 Å². The Kier molecular flexibility index (Phi) is 4.05. The van der Waals surface area contributed by atoms with Crippen LogP contribution < -0.4 is 5.32 Å². The highest BCUT2D eigenvalue weighted by atomic mass is 79.9. The fraction of sp³-hybridized carbons (Fsp3) is 0.615. The van der Waals surface area contributed by atoms with Crippen LogP contribution in [0.2, 0.25) is 0 Å². The van der Waals surface area contributed by atoms with Gasteiger partial charge in [-0.15, -0.1) is 0 Å². The van der Waals surface area contributed by atoms with Crippen LogP contribution in [0.25, 0.3) is 0 Å². The lowest BCUT2D eigenvalue weighted by Crippen LogP contribution is -2.45. The Morgan fingerprint density at radius 2 is 2.24 bits per heavy atom. The van der Waals surface area contributed by atoms with Crippen molar-refractivity contribution in [1.29, 1.82) is 0 Å². The smallest absolute Gasteiger partial charge is 0.0661 e. The first kappa shape index (κ1) is 12.8. The molecule has 1 aromatic heterocycles. The fourth-order valence-electron chi connectivity index (χ4n) is 2.40. The highest BCUT2D eigenvalue weighted by Gasteiger charge is 2.33. The number of anilines is 1. The lowest BCUT2D eigenvalue weighted by Gasteiger charge is -2.39. The van der Waals surface area contributed by atoms with E-state index in [4.69, 9.17) is 0 Å². The van der Waals surface area contributed by atoms with Crippen LogP contribution in [0.1, 0.15) is 32.6 Å². The molecule has 0 aromatic carbocycles. The molecule has 2 rings (SSSR count). The molecule has 0 amide bonds. The van der Waals surface area contributed by atoms with Crippen LogP contribution in [0, 0.1) is 5.92 Å². The molecule has 1 aromatic rings. The van der Waals surface area contributed by atoms with Crippen molar-refractivity contribution in [2.24, 2.45) is 5.92 Å². The van der Waals surface area contributed by atoms with E-state index in [9.17, 15) is 5.11 Å². The Hall–Kier alpha value is -0.610. The monoisotopic (exact) mass is 298 g/mol. The zero-order valence-corrected chi connectivity index (χ0v) is 11.7. The van der Waals surface area contributed by atoms with Gasteiger partial charge in [0.2, 0.25) is 0 Å². The lowest BCUT2D eigenvalue weighted by atomic mass is 9.77. The molecule has 17 heavy (non-hydrogen) atoms. The molecular weight excluding hydrogens is 280 g/mol. The number of aliphatic hydroxyl groups excluding tert-OH is 1. The van der Waals surface area contributed by atoms with E-state index in [1.807, 2.05) is 6.07 Å². The fourth-order valence-corrected chi connectivity index (χ4v) is 2.75. The van der Waals surface area contributed by atoms with Crippen molar-refractivity contribution in [2.45, 2.75) is 38.1 Å². The molecule has 1 saturated carbocycles. The van der Waals surface area contributed by atoms with Gasteiger partial charge < -0.3 is 10.4 Å². The van der Waals surface area contributed by atoms with Gasteiger partial charge in [-0.25, -0.2) is 0 Å². The SMILES string of the molecule is CC1CCC(CO)(Nc2ccncc2Br)CC1. The predicted molar refractivity (Wildman–Crippen MR) is 73.0 cm³/mol. The van der Waals surface area contributed by atoms with E-state index in [1.54, 1.807) is 12.4 Å². The van der Waals surface area contributed by atoms with Gasteiger partial charge in [-0.2, -0.15) is 0 Å². The molecule has 3 nitrogen and oxygen atoms in total. The topological polar surface area (TPSA) is 45.1 Å². The van der Waals surface area contributed by atoms with Gasteiger partial charge in [-0.1, -0.05) is 6.92 Å². The maximum atomic E-state index is 9.69. The van der Waals surface area contributed by atoms with E-state index in [2.05, 4.69) is 33.2 Å². The number of hydrogen-bond acceptors (Lipinski definition) is 3. The molecule has 1 fully saturated rings. The van der Waals surface area contributed by atoms with E-state index in [-0.39, 0.29) is 12.1 Å². The van der Waals surface area contributed by atoms with Crippen molar-refractivity contribution in [1.82, 2.24) is 4.98 Å². The summed E-state index contributed by atoms with van der Waals surface area (Å²) in [6, 6.07) is 1.94. The summed E-state index contributed by atoms with van der Waals surface area (Å²) in [5.74, 6) is 0.775. The summed E-state index contributed by atoms with van der Waals surface area (Å²) < 4.78 is 0.950. The first-order valence-corrected chi connectivity index (χ1v) is 6.93. The number of halogens is 1. The number of pyridine rings is 1. The second-order valence-electron chi connectivity index (χ2n) is 5.10. The minimum atomic E-state index is -0.156. The van der Waals surface area contributed by atoms with Gasteiger partial charge in [0.25, 0.3) is 0 Å². The molecule has 0 saturated heterocycles. The van der Waals surface area contributed by atoms with Gasteiger partial charge in [0.05, 0.1) is 22.3 Å². The zero-order chi connectivity index (χ0) is 12.3. The van der Waals surface area contributed by atoms with Gasteiger partial charge in [0.1, 0.15) is 0 Å². The van der Waals surface area contributed by atoms with Crippen LogP contribution in [0.5, 0.6) is 0 Å². The molecule has 0 aliphatic heterocycles. The van der Waals surface area contributed by atoms with Gasteiger partial charge in [-0.05, 0) is 53.6 Å². The Morgan fingerprint density at radius 3 is 2.82 bits per heavy atom. The van der Waals surface area contributed by atoms with E-state index in [1.165, 1.54) is 12.8 Å². The second-order valence-corrected chi connectivity index (χ2v) is 5.96. The molecule has 4 heteroatoms. The van der Waals surface area contributed by atoms with Crippen molar-refractivity contribution in [2.75, 3.05) is 11.9 Å². The zero-order valence-electron chi connectivity index (χ0n) is 10.1. The molecule has 0 atom stereocenters. The van der Waals surface area contributed by atoms with E-state index >= 15 is 0 Å². The minimum Gasteiger partial charge on any atom is -0.394 e. The number of nitrogens with one attached hydrogen (secondary N) is 1. The van der Waals surface area contributed by atoms with Crippen LogP contribution >= 0.6 is 15.9 Å². The Balaban J connectivity index is 2.12. The average molecular weight is 299 g/mol. The van der Waals surface area contributed by atoms with Crippen LogP contribution in [0.4, 0.5) is 5.69 Å². The highest BCUT2D eigenvalue weighted by Crippen LogP contribution is 2.35. The molecule has 2 N–H and O–H groups in total. The summed E-state index contributed by atoms with van der Waals surface area (Å²) in [6.45, 7) is 2.47. The summed E-state index contributed by atoms with van der Waals surface area (Å²) in [4.78, 5) is 4.05. The molecule has 0 bridgehead atoms. The molecular formula is C13H19BrN2O. The Bertz CT molecular complexity index is 375. The first-order chi connectivity index (χ1) is 8.15. The third kappa shape index (κ3) is 2.99. The van der Waals surface area contributed by atoms with E-state index < -0.39 is 0 Å². The third-order valence-electron chi connectivity index (χ3n) is 3.71. The normalized spacial score (nSPS) is 29.0. The van der Waals surface area contributed by atoms with Gasteiger partial charge in [-0.3, -0.25) is 4.98 Å². The minimum absolute atomic E-state index is 0.156. The summed E-state index contributed by atoms with van der Waals surface area (Å²) >= 11 is 3.48. The van der Waals surface area contributed by atoms with Gasteiger partial charge >= 0.3 is 0 Å². The quantitative estimate of drug-likeness (QED) is 0.901. The predicted octanol–water partition coefficient (Wildman–Crippen LogP) is 3.20. The maximum Gasteiger partial charge on any atom is 0.0661 e. The van der Waals surface area contributed by atoms with Crippen LogP contribution in [0.15, 0.2) is 22.9 Å². The van der Waals surface area contributed by atoms with Crippen molar-refractivity contribution in [3.63, 3.8) is 0 Å². The number of nitrogens with zero attached hydrogens (tertiary/aromatic N) is 1. The lowest BCUT2D eigenvalue weighted by molar-refractivity contribution is 0.155. The van der Waals surface area contributed by atoms with Crippen molar-refractivity contribution >= 4 is 21.6 Å². The standard InChI is InChI=1S/C13H19BrN2O/c1-10-2-5-13(9-17,6-3-10)16-12-4-7-15-8-11(12)14/h4,7-8,10,17H,2-3,5-6,9H2,1H3,(H,15,16). The molecule has 0 unspecified atom stereocenters. The average Bonchev–Trinajstić information content (AvgIpc) is 2.35. The number of aliphatic hydroxyl groups is 1.